The molecule has 0 aliphatic rings. The lowest BCUT2D eigenvalue weighted by Gasteiger charge is -2.08. The molecule has 0 atom stereocenters. The van der Waals surface area contributed by atoms with E-state index in [9.17, 15) is 0 Å². The van der Waals surface area contributed by atoms with E-state index >= 15 is 0 Å². The first-order valence-electron chi connectivity index (χ1n) is 6.28. The van der Waals surface area contributed by atoms with Gasteiger partial charge in [0.2, 0.25) is 0 Å². The predicted molar refractivity (Wildman–Crippen MR) is 87.9 cm³/mol. The van der Waals surface area contributed by atoms with Crippen molar-refractivity contribution >= 4 is 34.2 Å². The lowest BCUT2D eigenvalue weighted by Crippen LogP contribution is -2.04. The van der Waals surface area contributed by atoms with Crippen molar-refractivity contribution in [1.29, 1.82) is 0 Å². The number of aryl methyl sites for hydroxylation is 3. The molecule has 1 aromatic carbocycles. The van der Waals surface area contributed by atoms with Gasteiger partial charge in [-0.3, -0.25) is 0 Å². The van der Waals surface area contributed by atoms with Crippen LogP contribution >= 0.6 is 34.2 Å². The second-order valence-corrected chi connectivity index (χ2v) is 6.08. The number of rotatable bonds is 3. The molecular weight excluding hydrogens is 371 g/mol. The Morgan fingerprint density at radius 2 is 1.89 bits per heavy atom. The third-order valence-electron chi connectivity index (χ3n) is 3.19. The molecule has 0 saturated carbocycles. The van der Waals surface area contributed by atoms with Crippen LogP contribution in [0.4, 0.5) is 0 Å². The zero-order valence-corrected chi connectivity index (χ0v) is 14.2. The Morgan fingerprint density at radius 1 is 1.16 bits per heavy atom. The Kier molecular flexibility index (Phi) is 4.79. The largest absolute Gasteiger partial charge is 0.236 e. The standard InChI is InChI=1S/C15H16ClIN2/c1-4-12-14(17)15(16)19-13(18-12)8-11-6-5-9(2)10(3)7-11/h5-7H,4,8H2,1-3H3. The van der Waals surface area contributed by atoms with Gasteiger partial charge in [0.1, 0.15) is 11.0 Å². The van der Waals surface area contributed by atoms with E-state index in [0.29, 0.717) is 5.15 Å². The average molecular weight is 387 g/mol. The highest BCUT2D eigenvalue weighted by Gasteiger charge is 2.10. The van der Waals surface area contributed by atoms with Gasteiger partial charge in [0.05, 0.1) is 9.26 Å². The van der Waals surface area contributed by atoms with Gasteiger partial charge in [-0.05, 0) is 59.5 Å². The minimum absolute atomic E-state index is 0.561. The Bertz CT molecular complexity index is 611. The molecule has 0 fully saturated rings. The number of halogens is 2. The summed E-state index contributed by atoms with van der Waals surface area (Å²) in [7, 11) is 0. The highest BCUT2D eigenvalue weighted by atomic mass is 127. The van der Waals surface area contributed by atoms with E-state index in [1.807, 2.05) is 0 Å². The predicted octanol–water partition coefficient (Wildman–Crippen LogP) is 4.50. The quantitative estimate of drug-likeness (QED) is 0.573. The summed E-state index contributed by atoms with van der Waals surface area (Å²) in [5.41, 5.74) is 4.85. The van der Waals surface area contributed by atoms with Crippen molar-refractivity contribution in [2.24, 2.45) is 0 Å². The molecule has 0 saturated heterocycles. The maximum Gasteiger partial charge on any atom is 0.146 e. The smallest absolute Gasteiger partial charge is 0.146 e. The van der Waals surface area contributed by atoms with Crippen LogP contribution in [0.2, 0.25) is 5.15 Å². The molecule has 2 aromatic rings. The van der Waals surface area contributed by atoms with Gasteiger partial charge in [-0.25, -0.2) is 9.97 Å². The molecule has 0 bridgehead atoms. The molecule has 0 radical (unpaired) electrons. The van der Waals surface area contributed by atoms with Gasteiger partial charge in [-0.2, -0.15) is 0 Å². The molecule has 2 nitrogen and oxygen atoms in total. The summed E-state index contributed by atoms with van der Waals surface area (Å²) in [6.45, 7) is 6.32. The summed E-state index contributed by atoms with van der Waals surface area (Å²) in [6.07, 6.45) is 1.60. The number of nitrogens with zero attached hydrogens (tertiary/aromatic N) is 2. The van der Waals surface area contributed by atoms with Crippen molar-refractivity contribution in [1.82, 2.24) is 9.97 Å². The summed E-state index contributed by atoms with van der Waals surface area (Å²) < 4.78 is 0.964. The maximum atomic E-state index is 6.16. The van der Waals surface area contributed by atoms with E-state index in [2.05, 4.69) is 71.5 Å². The van der Waals surface area contributed by atoms with Gasteiger partial charge in [0.25, 0.3) is 0 Å². The summed E-state index contributed by atoms with van der Waals surface area (Å²) in [5, 5.41) is 0.561. The molecule has 0 aliphatic heterocycles. The Labute approximate surface area is 132 Å². The first kappa shape index (κ1) is 14.7. The van der Waals surface area contributed by atoms with Crippen molar-refractivity contribution in [3.05, 3.63) is 55.1 Å². The summed E-state index contributed by atoms with van der Waals surface area (Å²) in [4.78, 5) is 8.97. The molecule has 0 spiro atoms. The minimum atomic E-state index is 0.561. The van der Waals surface area contributed by atoms with Crippen LogP contribution in [0.5, 0.6) is 0 Å². The molecule has 4 heteroatoms. The highest BCUT2D eigenvalue weighted by Crippen LogP contribution is 2.21. The fourth-order valence-electron chi connectivity index (χ4n) is 1.92. The molecule has 0 N–H and O–H groups in total. The molecule has 1 heterocycles. The normalized spacial score (nSPS) is 10.8. The first-order valence-corrected chi connectivity index (χ1v) is 7.73. The van der Waals surface area contributed by atoms with Crippen molar-refractivity contribution < 1.29 is 0 Å². The second kappa shape index (κ2) is 6.18. The van der Waals surface area contributed by atoms with Gasteiger partial charge in [-0.1, -0.05) is 36.7 Å². The molecule has 19 heavy (non-hydrogen) atoms. The molecular formula is C15H16ClIN2. The van der Waals surface area contributed by atoms with E-state index in [1.165, 1.54) is 16.7 Å². The molecule has 100 valence electrons. The minimum Gasteiger partial charge on any atom is -0.236 e. The van der Waals surface area contributed by atoms with E-state index < -0.39 is 0 Å². The van der Waals surface area contributed by atoms with Crippen LogP contribution in [0.1, 0.15) is 35.1 Å². The summed E-state index contributed by atoms with van der Waals surface area (Å²) in [6, 6.07) is 6.46. The SMILES string of the molecule is CCc1nc(Cc2ccc(C)c(C)c2)nc(Cl)c1I. The van der Waals surface area contributed by atoms with Gasteiger partial charge < -0.3 is 0 Å². The monoisotopic (exact) mass is 386 g/mol. The lowest BCUT2D eigenvalue weighted by atomic mass is 10.0. The zero-order valence-electron chi connectivity index (χ0n) is 11.3. The second-order valence-electron chi connectivity index (χ2n) is 4.64. The lowest BCUT2D eigenvalue weighted by molar-refractivity contribution is 0.894. The highest BCUT2D eigenvalue weighted by molar-refractivity contribution is 14.1. The fourth-order valence-corrected chi connectivity index (χ4v) is 2.75. The van der Waals surface area contributed by atoms with Crippen molar-refractivity contribution in [2.45, 2.75) is 33.6 Å². The van der Waals surface area contributed by atoms with Gasteiger partial charge >= 0.3 is 0 Å². The van der Waals surface area contributed by atoms with Gasteiger partial charge in [-0.15, -0.1) is 0 Å². The number of hydrogen-bond acceptors (Lipinski definition) is 2. The van der Waals surface area contributed by atoms with Crippen LogP contribution in [-0.2, 0) is 12.8 Å². The molecule has 2 rings (SSSR count). The van der Waals surface area contributed by atoms with Crippen LogP contribution in [-0.4, -0.2) is 9.97 Å². The number of benzene rings is 1. The Morgan fingerprint density at radius 3 is 2.53 bits per heavy atom. The van der Waals surface area contributed by atoms with Gasteiger partial charge in [0, 0.05) is 6.42 Å². The van der Waals surface area contributed by atoms with Crippen molar-refractivity contribution in [3.63, 3.8) is 0 Å². The molecule has 0 aliphatic carbocycles. The Hall–Kier alpha value is -0.680. The van der Waals surface area contributed by atoms with Crippen LogP contribution in [0.25, 0.3) is 0 Å². The topological polar surface area (TPSA) is 25.8 Å². The van der Waals surface area contributed by atoms with E-state index in [1.54, 1.807) is 0 Å². The van der Waals surface area contributed by atoms with Crippen molar-refractivity contribution in [3.8, 4) is 0 Å². The first-order chi connectivity index (χ1) is 9.01. The maximum absolute atomic E-state index is 6.16. The van der Waals surface area contributed by atoms with E-state index in [4.69, 9.17) is 11.6 Å². The van der Waals surface area contributed by atoms with Crippen molar-refractivity contribution in [2.75, 3.05) is 0 Å². The van der Waals surface area contributed by atoms with Gasteiger partial charge in [0.15, 0.2) is 0 Å². The number of hydrogen-bond donors (Lipinski definition) is 0. The fraction of sp³-hybridized carbons (Fsp3) is 0.333. The Balaban J connectivity index is 2.32. The van der Waals surface area contributed by atoms with E-state index in [0.717, 1.165) is 27.9 Å². The van der Waals surface area contributed by atoms with Crippen LogP contribution < -0.4 is 0 Å². The van der Waals surface area contributed by atoms with E-state index in [-0.39, 0.29) is 0 Å². The third kappa shape index (κ3) is 3.45. The number of aromatic nitrogens is 2. The van der Waals surface area contributed by atoms with Crippen LogP contribution in [0, 0.1) is 17.4 Å². The summed E-state index contributed by atoms with van der Waals surface area (Å²) in [5.74, 6) is 0.797. The third-order valence-corrected chi connectivity index (χ3v) is 4.92. The van der Waals surface area contributed by atoms with Crippen LogP contribution in [0.15, 0.2) is 18.2 Å². The molecule has 1 aromatic heterocycles. The summed E-state index contributed by atoms with van der Waals surface area (Å²) >= 11 is 8.37. The molecule has 0 unspecified atom stereocenters. The zero-order chi connectivity index (χ0) is 14.0. The average Bonchev–Trinajstić information content (AvgIpc) is 2.38. The van der Waals surface area contributed by atoms with Crippen LogP contribution in [0.3, 0.4) is 0 Å². The molecule has 0 amide bonds.